The summed E-state index contributed by atoms with van der Waals surface area (Å²) in [6.45, 7) is 6.80. The maximum atomic E-state index is 12.6. The second kappa shape index (κ2) is 8.15. The number of benzene rings is 1. The number of ether oxygens (including phenoxy) is 1. The van der Waals surface area contributed by atoms with E-state index in [9.17, 15) is 8.42 Å². The Kier molecular flexibility index (Phi) is 6.48. The number of hydrogen-bond donors (Lipinski definition) is 1. The van der Waals surface area contributed by atoms with Crippen LogP contribution in [0.1, 0.15) is 57.9 Å². The van der Waals surface area contributed by atoms with Gasteiger partial charge < -0.3 is 4.74 Å². The number of nitrogens with one attached hydrogen (secondary N) is 1. The van der Waals surface area contributed by atoms with E-state index in [0.29, 0.717) is 17.4 Å². The molecule has 1 saturated carbocycles. The molecule has 0 heterocycles. The maximum Gasteiger partial charge on any atom is 0.240 e. The summed E-state index contributed by atoms with van der Waals surface area (Å²) >= 11 is 0. The van der Waals surface area contributed by atoms with Crippen molar-refractivity contribution in [3.05, 3.63) is 23.8 Å². The van der Waals surface area contributed by atoms with Gasteiger partial charge in [-0.05, 0) is 55.9 Å². The van der Waals surface area contributed by atoms with Crippen molar-refractivity contribution < 1.29 is 13.2 Å². The maximum absolute atomic E-state index is 12.6. The van der Waals surface area contributed by atoms with Crippen molar-refractivity contribution in [3.8, 4) is 5.75 Å². The van der Waals surface area contributed by atoms with E-state index in [1.165, 1.54) is 6.42 Å². The van der Waals surface area contributed by atoms with Crippen LogP contribution in [0.2, 0.25) is 0 Å². The topological polar surface area (TPSA) is 55.4 Å². The third kappa shape index (κ3) is 4.95. The summed E-state index contributed by atoms with van der Waals surface area (Å²) in [7, 11) is -3.46. The van der Waals surface area contributed by atoms with Gasteiger partial charge in [0.25, 0.3) is 0 Å². The lowest BCUT2D eigenvalue weighted by atomic mass is 9.87. The summed E-state index contributed by atoms with van der Waals surface area (Å²) in [5.41, 5.74) is 0.862. The first-order valence-corrected chi connectivity index (χ1v) is 10.2. The molecule has 0 spiro atoms. The van der Waals surface area contributed by atoms with Crippen LogP contribution in [0, 0.1) is 12.8 Å². The first kappa shape index (κ1) is 18.3. The van der Waals surface area contributed by atoms with Crippen LogP contribution >= 0.6 is 0 Å². The Morgan fingerprint density at radius 2 is 2.00 bits per heavy atom. The molecule has 0 aromatic heterocycles. The van der Waals surface area contributed by atoms with Gasteiger partial charge in [0, 0.05) is 6.04 Å². The molecule has 1 fully saturated rings. The van der Waals surface area contributed by atoms with E-state index in [2.05, 4.69) is 18.6 Å². The van der Waals surface area contributed by atoms with Gasteiger partial charge in [0.05, 0.1) is 11.5 Å². The first-order chi connectivity index (χ1) is 10.9. The van der Waals surface area contributed by atoms with E-state index in [-0.39, 0.29) is 6.04 Å². The number of rotatable bonds is 7. The molecule has 0 bridgehead atoms. The second-order valence-electron chi connectivity index (χ2n) is 6.62. The van der Waals surface area contributed by atoms with Crippen LogP contribution < -0.4 is 9.46 Å². The summed E-state index contributed by atoms with van der Waals surface area (Å²) < 4.78 is 33.8. The lowest BCUT2D eigenvalue weighted by Crippen LogP contribution is -2.40. The Hall–Kier alpha value is -1.07. The van der Waals surface area contributed by atoms with Gasteiger partial charge in [-0.3, -0.25) is 0 Å². The van der Waals surface area contributed by atoms with Crippen molar-refractivity contribution in [2.45, 2.75) is 70.2 Å². The van der Waals surface area contributed by atoms with E-state index >= 15 is 0 Å². The number of hydrogen-bond acceptors (Lipinski definition) is 3. The van der Waals surface area contributed by atoms with Crippen molar-refractivity contribution >= 4 is 10.0 Å². The van der Waals surface area contributed by atoms with Gasteiger partial charge in [0.2, 0.25) is 10.0 Å². The van der Waals surface area contributed by atoms with Crippen LogP contribution in [-0.4, -0.2) is 21.1 Å². The predicted molar refractivity (Wildman–Crippen MR) is 93.3 cm³/mol. The molecule has 2 unspecified atom stereocenters. The second-order valence-corrected chi connectivity index (χ2v) is 8.33. The Labute approximate surface area is 140 Å². The quantitative estimate of drug-likeness (QED) is 0.763. The Bertz CT molecular complexity index is 613. The van der Waals surface area contributed by atoms with E-state index in [1.807, 2.05) is 6.92 Å². The van der Waals surface area contributed by atoms with Gasteiger partial charge in [-0.2, -0.15) is 0 Å². The highest BCUT2D eigenvalue weighted by Crippen LogP contribution is 2.27. The summed E-state index contributed by atoms with van der Waals surface area (Å²) in [4.78, 5) is 0.329. The highest BCUT2D eigenvalue weighted by atomic mass is 32.2. The minimum absolute atomic E-state index is 0.0505. The van der Waals surface area contributed by atoms with Crippen LogP contribution in [0.4, 0.5) is 0 Å². The molecule has 0 saturated heterocycles. The van der Waals surface area contributed by atoms with E-state index in [0.717, 1.165) is 43.4 Å². The lowest BCUT2D eigenvalue weighted by molar-refractivity contribution is 0.307. The molecule has 1 aromatic rings. The zero-order valence-electron chi connectivity index (χ0n) is 14.5. The number of aryl methyl sites for hydroxylation is 1. The Morgan fingerprint density at radius 1 is 1.26 bits per heavy atom. The minimum Gasteiger partial charge on any atom is -0.493 e. The standard InChI is InChI=1S/C18H29NO3S/c1-4-5-12-22-18-11-10-16(13-15(18)3)23(20,21)19-17-9-7-6-8-14(17)2/h10-11,13-14,17,19H,4-9,12H2,1-3H3. The summed E-state index contributed by atoms with van der Waals surface area (Å²) in [5.74, 6) is 1.17. The molecule has 2 atom stereocenters. The normalized spacial score (nSPS) is 22.0. The molecule has 1 aromatic carbocycles. The van der Waals surface area contributed by atoms with Gasteiger partial charge in [-0.15, -0.1) is 0 Å². The fraction of sp³-hybridized carbons (Fsp3) is 0.667. The molecule has 1 N–H and O–H groups in total. The molecule has 0 radical (unpaired) electrons. The molecule has 0 aliphatic heterocycles. The molecule has 2 rings (SSSR count). The molecule has 0 amide bonds. The minimum atomic E-state index is -3.46. The van der Waals surface area contributed by atoms with Crippen molar-refractivity contribution in [1.82, 2.24) is 4.72 Å². The molecule has 1 aliphatic rings. The smallest absolute Gasteiger partial charge is 0.240 e. The fourth-order valence-electron chi connectivity index (χ4n) is 3.04. The van der Waals surface area contributed by atoms with Crippen LogP contribution in [0.15, 0.2) is 23.1 Å². The average Bonchev–Trinajstić information content (AvgIpc) is 2.51. The Balaban J connectivity index is 2.08. The SMILES string of the molecule is CCCCOc1ccc(S(=O)(=O)NC2CCCCC2C)cc1C. The van der Waals surface area contributed by atoms with Crippen LogP contribution in [0.5, 0.6) is 5.75 Å². The highest BCUT2D eigenvalue weighted by molar-refractivity contribution is 7.89. The van der Waals surface area contributed by atoms with Crippen molar-refractivity contribution in [2.24, 2.45) is 5.92 Å². The van der Waals surface area contributed by atoms with Gasteiger partial charge >= 0.3 is 0 Å². The Morgan fingerprint density at radius 3 is 2.65 bits per heavy atom. The van der Waals surface area contributed by atoms with Crippen LogP contribution in [0.3, 0.4) is 0 Å². The molecule has 1 aliphatic carbocycles. The van der Waals surface area contributed by atoms with E-state index in [4.69, 9.17) is 4.74 Å². The fourth-order valence-corrected chi connectivity index (χ4v) is 4.50. The van der Waals surface area contributed by atoms with E-state index < -0.39 is 10.0 Å². The predicted octanol–water partition coefficient (Wildman–Crippen LogP) is 4.03. The third-order valence-corrected chi connectivity index (χ3v) is 6.12. The molecular formula is C18H29NO3S. The highest BCUT2D eigenvalue weighted by Gasteiger charge is 2.27. The monoisotopic (exact) mass is 339 g/mol. The van der Waals surface area contributed by atoms with Crippen molar-refractivity contribution in [1.29, 1.82) is 0 Å². The lowest BCUT2D eigenvalue weighted by Gasteiger charge is -2.29. The summed E-state index contributed by atoms with van der Waals surface area (Å²) in [6, 6.07) is 5.17. The van der Waals surface area contributed by atoms with Crippen molar-refractivity contribution in [3.63, 3.8) is 0 Å². The zero-order valence-corrected chi connectivity index (χ0v) is 15.3. The summed E-state index contributed by atoms with van der Waals surface area (Å²) in [5, 5.41) is 0. The van der Waals surface area contributed by atoms with Crippen LogP contribution in [-0.2, 0) is 10.0 Å². The van der Waals surface area contributed by atoms with Gasteiger partial charge in [-0.1, -0.05) is 33.1 Å². The van der Waals surface area contributed by atoms with Gasteiger partial charge in [0.15, 0.2) is 0 Å². The van der Waals surface area contributed by atoms with Crippen molar-refractivity contribution in [2.75, 3.05) is 6.61 Å². The number of sulfonamides is 1. The molecule has 23 heavy (non-hydrogen) atoms. The van der Waals surface area contributed by atoms with E-state index in [1.54, 1.807) is 18.2 Å². The van der Waals surface area contributed by atoms with Gasteiger partial charge in [0.1, 0.15) is 5.75 Å². The first-order valence-electron chi connectivity index (χ1n) is 8.70. The molecule has 5 heteroatoms. The zero-order chi connectivity index (χ0) is 16.9. The summed E-state index contributed by atoms with van der Waals surface area (Å²) in [6.07, 6.45) is 6.40. The average molecular weight is 340 g/mol. The molecule has 130 valence electrons. The van der Waals surface area contributed by atoms with Gasteiger partial charge in [-0.25, -0.2) is 13.1 Å². The third-order valence-electron chi connectivity index (χ3n) is 4.63. The van der Waals surface area contributed by atoms with Crippen LogP contribution in [0.25, 0.3) is 0 Å². The molecular weight excluding hydrogens is 310 g/mol. The molecule has 4 nitrogen and oxygen atoms in total. The number of unbranched alkanes of at least 4 members (excludes halogenated alkanes) is 1. The largest absolute Gasteiger partial charge is 0.493 e.